The summed E-state index contributed by atoms with van der Waals surface area (Å²) in [5.74, 6) is 2.81. The fourth-order valence-corrected chi connectivity index (χ4v) is 7.46. The van der Waals surface area contributed by atoms with Gasteiger partial charge in [-0.3, -0.25) is 0 Å². The maximum Gasteiger partial charge on any atom is 0.200 e. The SMILES string of the molecule is CC/C=C/C1CCC(/C=C/CCC2CCC(C3CCC(c4ccc(OCC)c(F)c4F)CC3)CC2)CC1. The van der Waals surface area contributed by atoms with Crippen LogP contribution in [-0.2, 0) is 0 Å². The summed E-state index contributed by atoms with van der Waals surface area (Å²) in [4.78, 5) is 0. The Morgan fingerprint density at radius 1 is 0.730 bits per heavy atom. The molecule has 0 heterocycles. The van der Waals surface area contributed by atoms with Crippen LogP contribution in [-0.4, -0.2) is 6.61 Å². The van der Waals surface area contributed by atoms with Crippen LogP contribution in [0.25, 0.3) is 0 Å². The molecule has 3 fully saturated rings. The maximum absolute atomic E-state index is 14.7. The Morgan fingerprint density at radius 2 is 1.32 bits per heavy atom. The lowest BCUT2D eigenvalue weighted by Crippen LogP contribution is -2.25. The van der Waals surface area contributed by atoms with E-state index >= 15 is 0 Å². The van der Waals surface area contributed by atoms with Crippen molar-refractivity contribution in [2.45, 2.75) is 116 Å². The van der Waals surface area contributed by atoms with Crippen LogP contribution in [0.4, 0.5) is 8.78 Å². The minimum absolute atomic E-state index is 0.0345. The van der Waals surface area contributed by atoms with E-state index in [1.165, 1.54) is 64.2 Å². The molecule has 0 aromatic heterocycles. The van der Waals surface area contributed by atoms with E-state index in [-0.39, 0.29) is 11.7 Å². The lowest BCUT2D eigenvalue weighted by Gasteiger charge is -2.38. The number of benzene rings is 1. The van der Waals surface area contributed by atoms with Crippen LogP contribution in [0.1, 0.15) is 122 Å². The molecule has 0 unspecified atom stereocenters. The van der Waals surface area contributed by atoms with Crippen LogP contribution in [0.5, 0.6) is 5.75 Å². The van der Waals surface area contributed by atoms with Gasteiger partial charge in [0.1, 0.15) is 0 Å². The van der Waals surface area contributed by atoms with Gasteiger partial charge in [0, 0.05) is 0 Å². The molecule has 0 N–H and O–H groups in total. The molecule has 0 amide bonds. The summed E-state index contributed by atoms with van der Waals surface area (Å²) >= 11 is 0. The Balaban J connectivity index is 1.13. The lowest BCUT2D eigenvalue weighted by atomic mass is 9.68. The van der Waals surface area contributed by atoms with Crippen molar-refractivity contribution in [3.63, 3.8) is 0 Å². The van der Waals surface area contributed by atoms with E-state index in [1.54, 1.807) is 19.1 Å². The molecule has 1 aromatic carbocycles. The Kier molecular flexibility index (Phi) is 11.1. The zero-order valence-corrected chi connectivity index (χ0v) is 23.4. The smallest absolute Gasteiger partial charge is 0.200 e. The molecule has 0 atom stereocenters. The van der Waals surface area contributed by atoms with E-state index < -0.39 is 11.6 Å². The third kappa shape index (κ3) is 7.93. The van der Waals surface area contributed by atoms with Gasteiger partial charge in [-0.25, -0.2) is 4.39 Å². The first-order valence-corrected chi connectivity index (χ1v) is 15.5. The summed E-state index contributed by atoms with van der Waals surface area (Å²) in [5, 5.41) is 0. The molecular formula is C34H50F2O. The first-order chi connectivity index (χ1) is 18.1. The highest BCUT2D eigenvalue weighted by molar-refractivity contribution is 5.33. The van der Waals surface area contributed by atoms with Gasteiger partial charge in [-0.05, 0) is 138 Å². The quantitative estimate of drug-likeness (QED) is 0.283. The highest BCUT2D eigenvalue weighted by Crippen LogP contribution is 2.45. The van der Waals surface area contributed by atoms with Crippen LogP contribution < -0.4 is 4.74 Å². The number of halogens is 2. The molecule has 3 heteroatoms. The molecule has 1 aromatic rings. The van der Waals surface area contributed by atoms with E-state index in [4.69, 9.17) is 4.74 Å². The molecule has 0 saturated heterocycles. The summed E-state index contributed by atoms with van der Waals surface area (Å²) in [5.41, 5.74) is 0.553. The Labute approximate surface area is 225 Å². The standard InChI is InChI=1S/C34H50F2O/c1-3-5-8-25-11-13-26(14-12-25)9-6-7-10-27-15-17-28(18-16-27)29-19-21-30(22-20-29)31-23-24-32(37-4-2)34(36)33(31)35/h5-6,8-9,23-30H,3-4,7,10-22H2,1-2H3/b8-5+,9-6+. The van der Waals surface area contributed by atoms with E-state index in [0.717, 1.165) is 61.7 Å². The molecule has 206 valence electrons. The molecule has 0 spiro atoms. The number of allylic oxidation sites excluding steroid dienone is 4. The highest BCUT2D eigenvalue weighted by Gasteiger charge is 2.32. The van der Waals surface area contributed by atoms with E-state index in [2.05, 4.69) is 31.2 Å². The van der Waals surface area contributed by atoms with E-state index in [9.17, 15) is 8.78 Å². The number of hydrogen-bond acceptors (Lipinski definition) is 1. The summed E-state index contributed by atoms with van der Waals surface area (Å²) in [6.07, 6.45) is 28.8. The van der Waals surface area contributed by atoms with Crippen LogP contribution in [0.3, 0.4) is 0 Å². The minimum Gasteiger partial charge on any atom is -0.491 e. The van der Waals surface area contributed by atoms with Gasteiger partial charge in [-0.15, -0.1) is 0 Å². The average Bonchev–Trinajstić information content (AvgIpc) is 2.94. The predicted molar refractivity (Wildman–Crippen MR) is 151 cm³/mol. The largest absolute Gasteiger partial charge is 0.491 e. The van der Waals surface area contributed by atoms with E-state index in [1.807, 2.05) is 0 Å². The van der Waals surface area contributed by atoms with Crippen LogP contribution in [0, 0.1) is 41.2 Å². The van der Waals surface area contributed by atoms with Crippen LogP contribution in [0.2, 0.25) is 0 Å². The third-order valence-electron chi connectivity index (χ3n) is 9.76. The molecule has 0 aliphatic heterocycles. The van der Waals surface area contributed by atoms with Crippen LogP contribution >= 0.6 is 0 Å². The van der Waals surface area contributed by atoms with Crippen molar-refractivity contribution in [1.82, 2.24) is 0 Å². The van der Waals surface area contributed by atoms with Crippen molar-refractivity contribution in [2.75, 3.05) is 6.61 Å². The van der Waals surface area contributed by atoms with Gasteiger partial charge in [0.15, 0.2) is 11.6 Å². The monoisotopic (exact) mass is 512 g/mol. The molecule has 3 aliphatic carbocycles. The normalized spacial score (nSPS) is 31.2. The van der Waals surface area contributed by atoms with Gasteiger partial charge in [-0.2, -0.15) is 4.39 Å². The fraction of sp³-hybridized carbons (Fsp3) is 0.706. The molecule has 1 nitrogen and oxygen atoms in total. The lowest BCUT2D eigenvalue weighted by molar-refractivity contribution is 0.156. The molecule has 4 rings (SSSR count). The van der Waals surface area contributed by atoms with Gasteiger partial charge in [0.05, 0.1) is 6.61 Å². The van der Waals surface area contributed by atoms with Gasteiger partial charge in [0.2, 0.25) is 5.82 Å². The first kappa shape index (κ1) is 28.4. The van der Waals surface area contributed by atoms with Crippen molar-refractivity contribution in [3.8, 4) is 5.75 Å². The summed E-state index contributed by atoms with van der Waals surface area (Å²) < 4.78 is 34.3. The minimum atomic E-state index is -0.818. The van der Waals surface area contributed by atoms with Crippen LogP contribution in [0.15, 0.2) is 36.4 Å². The summed E-state index contributed by atoms with van der Waals surface area (Å²) in [6, 6.07) is 3.36. The fourth-order valence-electron chi connectivity index (χ4n) is 7.46. The molecule has 0 radical (unpaired) electrons. The molecule has 37 heavy (non-hydrogen) atoms. The second-order valence-electron chi connectivity index (χ2n) is 12.1. The maximum atomic E-state index is 14.7. The van der Waals surface area contributed by atoms with Crippen molar-refractivity contribution < 1.29 is 13.5 Å². The number of ether oxygens (including phenoxy) is 1. The van der Waals surface area contributed by atoms with Gasteiger partial charge in [-0.1, -0.05) is 50.1 Å². The molecule has 3 aliphatic rings. The zero-order chi connectivity index (χ0) is 26.0. The first-order valence-electron chi connectivity index (χ1n) is 15.5. The number of hydrogen-bond donors (Lipinski definition) is 0. The topological polar surface area (TPSA) is 9.23 Å². The Bertz CT molecular complexity index is 866. The average molecular weight is 513 g/mol. The molecular weight excluding hydrogens is 462 g/mol. The highest BCUT2D eigenvalue weighted by atomic mass is 19.2. The van der Waals surface area contributed by atoms with Crippen molar-refractivity contribution >= 4 is 0 Å². The van der Waals surface area contributed by atoms with E-state index in [0.29, 0.717) is 12.2 Å². The Morgan fingerprint density at radius 3 is 1.92 bits per heavy atom. The predicted octanol–water partition coefficient (Wildman–Crippen LogP) is 10.6. The van der Waals surface area contributed by atoms with Gasteiger partial charge >= 0.3 is 0 Å². The Hall–Kier alpha value is -1.64. The van der Waals surface area contributed by atoms with Crippen molar-refractivity contribution in [1.29, 1.82) is 0 Å². The van der Waals surface area contributed by atoms with Crippen molar-refractivity contribution in [2.24, 2.45) is 29.6 Å². The summed E-state index contributed by atoms with van der Waals surface area (Å²) in [7, 11) is 0. The molecule has 3 saturated carbocycles. The number of rotatable bonds is 10. The second kappa shape index (κ2) is 14.5. The zero-order valence-electron chi connectivity index (χ0n) is 23.4. The molecule has 0 bridgehead atoms. The third-order valence-corrected chi connectivity index (χ3v) is 9.76. The summed E-state index contributed by atoms with van der Waals surface area (Å²) in [6.45, 7) is 4.36. The van der Waals surface area contributed by atoms with Crippen molar-refractivity contribution in [3.05, 3.63) is 53.6 Å². The second-order valence-corrected chi connectivity index (χ2v) is 12.1. The van der Waals surface area contributed by atoms with Gasteiger partial charge < -0.3 is 4.74 Å². The van der Waals surface area contributed by atoms with Gasteiger partial charge in [0.25, 0.3) is 0 Å².